The molecule has 0 unspecified atom stereocenters. The van der Waals surface area contributed by atoms with Crippen LogP contribution < -0.4 is 11.0 Å². The molecule has 2 aromatic heterocycles. The maximum Gasteiger partial charge on any atom is 0.323 e. The van der Waals surface area contributed by atoms with E-state index in [9.17, 15) is 4.79 Å². The Balaban J connectivity index is 1.64. The highest BCUT2D eigenvalue weighted by atomic mass is 35.5. The summed E-state index contributed by atoms with van der Waals surface area (Å²) in [6.45, 7) is 0. The third-order valence-corrected chi connectivity index (χ3v) is 4.38. The Hall–Kier alpha value is -2.57. The van der Waals surface area contributed by atoms with Crippen molar-refractivity contribution in [3.8, 4) is 11.3 Å². The standard InChI is InChI=1S/C16H11ClN4OS/c17-10-2-1-3-11(7-10)18-16-21-14(8-23-16)9-4-5-12-13(6-9)20-15(22)19-12/h1-8H,(H,18,21)(H2,19,20,22). The van der Waals surface area contributed by atoms with Crippen LogP contribution in [0.4, 0.5) is 10.8 Å². The van der Waals surface area contributed by atoms with Crippen LogP contribution in [0.15, 0.2) is 52.6 Å². The van der Waals surface area contributed by atoms with Crippen molar-refractivity contribution in [2.24, 2.45) is 0 Å². The maximum absolute atomic E-state index is 11.3. The van der Waals surface area contributed by atoms with Crippen LogP contribution in [0.5, 0.6) is 0 Å². The number of hydrogen-bond donors (Lipinski definition) is 3. The second-order valence-corrected chi connectivity index (χ2v) is 6.31. The summed E-state index contributed by atoms with van der Waals surface area (Å²) in [5.41, 5.74) is 4.03. The Morgan fingerprint density at radius 3 is 2.83 bits per heavy atom. The van der Waals surface area contributed by atoms with Crippen molar-refractivity contribution in [3.63, 3.8) is 0 Å². The fourth-order valence-corrected chi connectivity index (χ4v) is 3.28. The lowest BCUT2D eigenvalue weighted by molar-refractivity contribution is 1.21. The molecule has 4 aromatic rings. The molecule has 2 heterocycles. The Morgan fingerprint density at radius 2 is 1.96 bits per heavy atom. The zero-order chi connectivity index (χ0) is 15.8. The summed E-state index contributed by atoms with van der Waals surface area (Å²) in [5, 5.41) is 6.66. The summed E-state index contributed by atoms with van der Waals surface area (Å²) in [4.78, 5) is 21.4. The van der Waals surface area contributed by atoms with E-state index in [1.54, 1.807) is 0 Å². The van der Waals surface area contributed by atoms with Gasteiger partial charge < -0.3 is 15.3 Å². The lowest BCUT2D eigenvalue weighted by Gasteiger charge is -2.02. The molecular weight excluding hydrogens is 332 g/mol. The highest BCUT2D eigenvalue weighted by molar-refractivity contribution is 7.14. The van der Waals surface area contributed by atoms with Crippen molar-refractivity contribution in [3.05, 3.63) is 63.4 Å². The molecule has 0 aliphatic rings. The van der Waals surface area contributed by atoms with E-state index in [1.165, 1.54) is 11.3 Å². The van der Waals surface area contributed by atoms with Crippen molar-refractivity contribution in [1.82, 2.24) is 15.0 Å². The van der Waals surface area contributed by atoms with Gasteiger partial charge in [0.05, 0.1) is 16.7 Å². The van der Waals surface area contributed by atoms with Crippen molar-refractivity contribution < 1.29 is 0 Å². The van der Waals surface area contributed by atoms with E-state index in [0.717, 1.165) is 33.1 Å². The van der Waals surface area contributed by atoms with Gasteiger partial charge in [0.1, 0.15) is 0 Å². The van der Waals surface area contributed by atoms with Gasteiger partial charge in [-0.1, -0.05) is 23.7 Å². The largest absolute Gasteiger partial charge is 0.331 e. The molecule has 0 saturated carbocycles. The zero-order valence-electron chi connectivity index (χ0n) is 11.8. The first-order valence-electron chi connectivity index (χ1n) is 6.88. The SMILES string of the molecule is O=c1[nH]c2ccc(-c3csc(Nc4cccc(Cl)c4)n3)cc2[nH]1. The fourth-order valence-electron chi connectivity index (χ4n) is 2.35. The van der Waals surface area contributed by atoms with Gasteiger partial charge >= 0.3 is 5.69 Å². The molecule has 0 aliphatic carbocycles. The van der Waals surface area contributed by atoms with E-state index in [2.05, 4.69) is 20.3 Å². The van der Waals surface area contributed by atoms with Crippen LogP contribution in [0.3, 0.4) is 0 Å². The van der Waals surface area contributed by atoms with Gasteiger partial charge in [0.15, 0.2) is 5.13 Å². The minimum atomic E-state index is -0.210. The van der Waals surface area contributed by atoms with Gasteiger partial charge in [0.2, 0.25) is 0 Å². The maximum atomic E-state index is 11.3. The summed E-state index contributed by atoms with van der Waals surface area (Å²) in [6, 6.07) is 13.2. The number of fused-ring (bicyclic) bond motifs is 1. The molecule has 2 aromatic carbocycles. The van der Waals surface area contributed by atoms with Crippen molar-refractivity contribution in [2.75, 3.05) is 5.32 Å². The third kappa shape index (κ3) is 2.86. The van der Waals surface area contributed by atoms with Crippen molar-refractivity contribution in [2.45, 2.75) is 0 Å². The Morgan fingerprint density at radius 1 is 1.09 bits per heavy atom. The first-order chi connectivity index (χ1) is 11.2. The summed E-state index contributed by atoms with van der Waals surface area (Å²) < 4.78 is 0. The molecule has 0 aliphatic heterocycles. The number of aromatic amines is 2. The quantitative estimate of drug-likeness (QED) is 0.517. The molecule has 23 heavy (non-hydrogen) atoms. The number of halogens is 1. The van der Waals surface area contributed by atoms with E-state index in [1.807, 2.05) is 47.8 Å². The topological polar surface area (TPSA) is 73.6 Å². The van der Waals surface area contributed by atoms with Crippen molar-refractivity contribution >= 4 is 44.8 Å². The monoisotopic (exact) mass is 342 g/mol. The number of hydrogen-bond acceptors (Lipinski definition) is 4. The van der Waals surface area contributed by atoms with E-state index in [4.69, 9.17) is 11.6 Å². The molecule has 0 bridgehead atoms. The van der Waals surface area contributed by atoms with Gasteiger partial charge in [-0.05, 0) is 30.3 Å². The summed E-state index contributed by atoms with van der Waals surface area (Å²) in [5.74, 6) is 0. The number of thiazole rings is 1. The van der Waals surface area contributed by atoms with E-state index in [-0.39, 0.29) is 5.69 Å². The van der Waals surface area contributed by atoms with E-state index in [0.29, 0.717) is 5.02 Å². The first kappa shape index (κ1) is 14.0. The average Bonchev–Trinajstić information content (AvgIpc) is 3.12. The molecule has 4 rings (SSSR count). The number of imidazole rings is 1. The fraction of sp³-hybridized carbons (Fsp3) is 0. The van der Waals surface area contributed by atoms with Gasteiger partial charge in [-0.2, -0.15) is 0 Å². The van der Waals surface area contributed by atoms with Crippen LogP contribution in [0.25, 0.3) is 22.3 Å². The molecule has 3 N–H and O–H groups in total. The molecule has 0 saturated heterocycles. The lowest BCUT2D eigenvalue weighted by Crippen LogP contribution is -1.99. The second kappa shape index (κ2) is 5.57. The first-order valence-corrected chi connectivity index (χ1v) is 8.14. The van der Waals surface area contributed by atoms with Crippen molar-refractivity contribution in [1.29, 1.82) is 0 Å². The van der Waals surface area contributed by atoms with Gasteiger partial charge in [-0.15, -0.1) is 11.3 Å². The van der Waals surface area contributed by atoms with E-state index < -0.39 is 0 Å². The smallest absolute Gasteiger partial charge is 0.323 e. The van der Waals surface area contributed by atoms with Gasteiger partial charge in [-0.3, -0.25) is 0 Å². The molecule has 0 atom stereocenters. The number of rotatable bonds is 3. The minimum absolute atomic E-state index is 0.210. The third-order valence-electron chi connectivity index (χ3n) is 3.39. The van der Waals surface area contributed by atoms with Crippen LogP contribution >= 0.6 is 22.9 Å². The minimum Gasteiger partial charge on any atom is -0.331 e. The number of aromatic nitrogens is 3. The molecule has 114 valence electrons. The molecule has 5 nitrogen and oxygen atoms in total. The molecule has 0 fully saturated rings. The Labute approximate surface area is 140 Å². The Bertz CT molecular complexity index is 1050. The number of nitrogens with one attached hydrogen (secondary N) is 3. The average molecular weight is 343 g/mol. The van der Waals surface area contributed by atoms with Crippen LogP contribution in [-0.2, 0) is 0 Å². The Kier molecular flexibility index (Phi) is 3.40. The molecule has 0 radical (unpaired) electrons. The van der Waals surface area contributed by atoms with Crippen LogP contribution in [0.1, 0.15) is 0 Å². The highest BCUT2D eigenvalue weighted by Crippen LogP contribution is 2.29. The predicted molar refractivity (Wildman–Crippen MR) is 94.8 cm³/mol. The predicted octanol–water partition coefficient (Wildman–Crippen LogP) is 4.38. The van der Waals surface area contributed by atoms with Crippen LogP contribution in [0.2, 0.25) is 5.02 Å². The summed E-state index contributed by atoms with van der Waals surface area (Å²) in [7, 11) is 0. The van der Waals surface area contributed by atoms with Crippen LogP contribution in [-0.4, -0.2) is 15.0 Å². The number of nitrogens with zero attached hydrogens (tertiary/aromatic N) is 1. The summed E-state index contributed by atoms with van der Waals surface area (Å²) >= 11 is 7.49. The highest BCUT2D eigenvalue weighted by Gasteiger charge is 2.07. The van der Waals surface area contributed by atoms with Gasteiger partial charge in [0.25, 0.3) is 0 Å². The van der Waals surface area contributed by atoms with Gasteiger partial charge in [-0.25, -0.2) is 9.78 Å². The molecule has 7 heteroatoms. The lowest BCUT2D eigenvalue weighted by atomic mass is 10.1. The summed E-state index contributed by atoms with van der Waals surface area (Å²) in [6.07, 6.45) is 0. The zero-order valence-corrected chi connectivity index (χ0v) is 13.3. The second-order valence-electron chi connectivity index (χ2n) is 5.01. The normalized spacial score (nSPS) is 11.0. The molecular formula is C16H11ClN4OS. The van der Waals surface area contributed by atoms with Crippen LogP contribution in [0, 0.1) is 0 Å². The molecule has 0 spiro atoms. The van der Waals surface area contributed by atoms with Gasteiger partial charge in [0, 0.05) is 21.7 Å². The number of benzene rings is 2. The number of anilines is 2. The number of H-pyrrole nitrogens is 2. The molecule has 0 amide bonds. The van der Waals surface area contributed by atoms with E-state index >= 15 is 0 Å².